The molecule has 1 fully saturated rings. The zero-order valence-corrected chi connectivity index (χ0v) is 28.6. The Labute approximate surface area is 287 Å². The largest absolute Gasteiger partial charge is 0.465 e. The fourth-order valence-corrected chi connectivity index (χ4v) is 7.17. The quantitative estimate of drug-likeness (QED) is 0.139. The number of hydrogen-bond acceptors (Lipinski definition) is 7. The molecular formula is C37H41N3O6S2. The number of carbonyl (C=O) groups excluding carboxylic acids is 1. The van der Waals surface area contributed by atoms with Gasteiger partial charge in [-0.15, -0.1) is 0 Å². The Balaban J connectivity index is 1.32. The van der Waals surface area contributed by atoms with E-state index in [1.165, 1.54) is 13.3 Å². The number of carboxylic acid groups (broad SMARTS) is 1. The van der Waals surface area contributed by atoms with Gasteiger partial charge >= 0.3 is 6.09 Å². The lowest BCUT2D eigenvalue weighted by Gasteiger charge is -2.34. The first-order valence-corrected chi connectivity index (χ1v) is 18.2. The van der Waals surface area contributed by atoms with Gasteiger partial charge in [0.15, 0.2) is 9.84 Å². The van der Waals surface area contributed by atoms with Crippen LogP contribution in [0.4, 0.5) is 10.5 Å². The number of rotatable bonds is 12. The van der Waals surface area contributed by atoms with Crippen molar-refractivity contribution >= 4 is 40.2 Å². The molecule has 1 aliphatic rings. The zero-order chi connectivity index (χ0) is 34.3. The van der Waals surface area contributed by atoms with Crippen LogP contribution in [0.25, 0.3) is 0 Å². The van der Waals surface area contributed by atoms with Gasteiger partial charge < -0.3 is 20.5 Å². The van der Waals surface area contributed by atoms with E-state index in [0.717, 1.165) is 27.2 Å². The molecular weight excluding hydrogens is 647 g/mol. The number of para-hydroxylation sites is 1. The molecule has 4 aromatic carbocycles. The highest BCUT2D eigenvalue weighted by atomic mass is 32.2. The van der Waals surface area contributed by atoms with Gasteiger partial charge in [0.25, 0.3) is 0 Å². The van der Waals surface area contributed by atoms with Gasteiger partial charge in [-0.2, -0.15) is 12.6 Å². The molecule has 1 saturated heterocycles. The highest BCUT2D eigenvalue weighted by Gasteiger charge is 2.37. The van der Waals surface area contributed by atoms with Crippen LogP contribution < -0.4 is 10.6 Å². The summed E-state index contributed by atoms with van der Waals surface area (Å²) < 4.78 is 30.6. The topological polar surface area (TPSA) is 125 Å². The molecule has 3 N–H and O–H groups in total. The van der Waals surface area contributed by atoms with Crippen molar-refractivity contribution in [2.75, 3.05) is 31.7 Å². The summed E-state index contributed by atoms with van der Waals surface area (Å²) in [6, 6.07) is 32.2. The summed E-state index contributed by atoms with van der Waals surface area (Å²) in [5, 5.41) is 16.2. The van der Waals surface area contributed by atoms with Gasteiger partial charge in [-0.25, -0.2) is 13.2 Å². The lowest BCUT2D eigenvalue weighted by molar-refractivity contribution is -0.120. The van der Waals surface area contributed by atoms with E-state index < -0.39 is 33.8 Å². The van der Waals surface area contributed by atoms with Gasteiger partial charge in [-0.05, 0) is 53.3 Å². The Morgan fingerprint density at radius 2 is 1.52 bits per heavy atom. The Morgan fingerprint density at radius 3 is 2.15 bits per heavy atom. The number of hydrogen-bond donors (Lipinski definition) is 4. The van der Waals surface area contributed by atoms with Crippen molar-refractivity contribution in [2.24, 2.45) is 0 Å². The molecule has 0 radical (unpaired) electrons. The molecule has 0 spiro atoms. The SMILES string of the molecule is CN(C(=O)O)[C@H](C(=O)Nc1ccccc1CC[C@@H]1CNC[C@@H](C(S)c2cccc(S(C)(=O)=O)c2)O1)C(c1ccccc1)c1ccccc1. The number of aryl methyl sites for hydroxylation is 1. The second-order valence-corrected chi connectivity index (χ2v) is 14.6. The number of likely N-dealkylation sites (N-methyl/N-ethyl adjacent to an activating group) is 1. The maximum Gasteiger partial charge on any atom is 0.407 e. The number of carbonyl (C=O) groups is 2. The number of thiol groups is 1. The van der Waals surface area contributed by atoms with Gasteiger partial charge in [0.1, 0.15) is 6.04 Å². The van der Waals surface area contributed by atoms with Crippen LogP contribution in [-0.4, -0.2) is 75.1 Å². The molecule has 5 rings (SSSR count). The summed E-state index contributed by atoms with van der Waals surface area (Å²) in [6.07, 6.45) is 0.793. The van der Waals surface area contributed by atoms with Crippen molar-refractivity contribution in [3.8, 4) is 0 Å². The predicted molar refractivity (Wildman–Crippen MR) is 191 cm³/mol. The summed E-state index contributed by atoms with van der Waals surface area (Å²) in [5.41, 5.74) is 3.93. The minimum atomic E-state index is -3.35. The fourth-order valence-electron chi connectivity index (χ4n) is 6.16. The number of benzene rings is 4. The molecule has 4 atom stereocenters. The van der Waals surface area contributed by atoms with Gasteiger partial charge in [0, 0.05) is 38.0 Å². The second-order valence-electron chi connectivity index (χ2n) is 12.1. The Morgan fingerprint density at radius 1 is 0.917 bits per heavy atom. The Kier molecular flexibility index (Phi) is 11.6. The molecule has 0 aromatic heterocycles. The summed E-state index contributed by atoms with van der Waals surface area (Å²) in [5.74, 6) is -0.985. The summed E-state index contributed by atoms with van der Waals surface area (Å²) >= 11 is 4.80. The number of sulfone groups is 1. The lowest BCUT2D eigenvalue weighted by Crippen LogP contribution is -2.48. The lowest BCUT2D eigenvalue weighted by atomic mass is 9.84. The van der Waals surface area contributed by atoms with Crippen molar-refractivity contribution in [3.05, 3.63) is 131 Å². The van der Waals surface area contributed by atoms with Crippen LogP contribution in [0.3, 0.4) is 0 Å². The molecule has 252 valence electrons. The Hall–Kier alpha value is -4.16. The first-order valence-electron chi connectivity index (χ1n) is 15.8. The molecule has 1 aliphatic heterocycles. The monoisotopic (exact) mass is 687 g/mol. The number of nitrogens with one attached hydrogen (secondary N) is 2. The smallest absolute Gasteiger partial charge is 0.407 e. The number of morpholine rings is 1. The van der Waals surface area contributed by atoms with E-state index in [1.54, 1.807) is 18.2 Å². The summed E-state index contributed by atoms with van der Waals surface area (Å²) in [6.45, 7) is 1.21. The molecule has 48 heavy (non-hydrogen) atoms. The van der Waals surface area contributed by atoms with Crippen LogP contribution >= 0.6 is 12.6 Å². The normalized spacial score (nSPS) is 17.8. The van der Waals surface area contributed by atoms with E-state index in [9.17, 15) is 23.1 Å². The van der Waals surface area contributed by atoms with Crippen LogP contribution in [0.1, 0.15) is 39.8 Å². The first kappa shape index (κ1) is 35.2. The average molecular weight is 688 g/mol. The third-order valence-electron chi connectivity index (χ3n) is 8.70. The van der Waals surface area contributed by atoms with Crippen LogP contribution in [0, 0.1) is 0 Å². The van der Waals surface area contributed by atoms with Gasteiger partial charge in [-0.1, -0.05) is 91.0 Å². The molecule has 4 aromatic rings. The van der Waals surface area contributed by atoms with Crippen LogP contribution in [0.15, 0.2) is 114 Å². The highest BCUT2D eigenvalue weighted by molar-refractivity contribution is 7.90. The summed E-state index contributed by atoms with van der Waals surface area (Å²) in [4.78, 5) is 27.8. The van der Waals surface area contributed by atoms with Gasteiger partial charge in [-0.3, -0.25) is 9.69 Å². The van der Waals surface area contributed by atoms with E-state index in [4.69, 9.17) is 17.4 Å². The van der Waals surface area contributed by atoms with Crippen molar-refractivity contribution in [1.29, 1.82) is 0 Å². The molecule has 0 bridgehead atoms. The number of anilines is 1. The zero-order valence-electron chi connectivity index (χ0n) is 26.9. The first-order chi connectivity index (χ1) is 23.0. The third-order valence-corrected chi connectivity index (χ3v) is 10.4. The van der Waals surface area contributed by atoms with Crippen molar-refractivity contribution in [3.63, 3.8) is 0 Å². The van der Waals surface area contributed by atoms with Crippen LogP contribution in [0.2, 0.25) is 0 Å². The van der Waals surface area contributed by atoms with Crippen molar-refractivity contribution < 1.29 is 27.9 Å². The minimum Gasteiger partial charge on any atom is -0.465 e. The number of ether oxygens (including phenoxy) is 1. The highest BCUT2D eigenvalue weighted by Crippen LogP contribution is 2.33. The Bertz CT molecular complexity index is 1770. The van der Waals surface area contributed by atoms with Gasteiger partial charge in [0.2, 0.25) is 5.91 Å². The predicted octanol–water partition coefficient (Wildman–Crippen LogP) is 5.80. The molecule has 11 heteroatoms. The maximum atomic E-state index is 14.1. The molecule has 9 nitrogen and oxygen atoms in total. The number of amides is 2. The van der Waals surface area contributed by atoms with Crippen LogP contribution in [-0.2, 0) is 25.8 Å². The number of nitrogens with zero attached hydrogens (tertiary/aromatic N) is 1. The fraction of sp³-hybridized carbons (Fsp3) is 0.297. The van der Waals surface area contributed by atoms with E-state index in [-0.39, 0.29) is 22.4 Å². The molecule has 1 heterocycles. The second kappa shape index (κ2) is 15.8. The van der Waals surface area contributed by atoms with Crippen molar-refractivity contribution in [1.82, 2.24) is 10.2 Å². The van der Waals surface area contributed by atoms with E-state index in [1.807, 2.05) is 91.0 Å². The van der Waals surface area contributed by atoms with E-state index in [0.29, 0.717) is 31.6 Å². The third kappa shape index (κ3) is 8.65. The van der Waals surface area contributed by atoms with E-state index >= 15 is 0 Å². The van der Waals surface area contributed by atoms with Crippen molar-refractivity contribution in [2.45, 2.75) is 47.2 Å². The minimum absolute atomic E-state index is 0.147. The summed E-state index contributed by atoms with van der Waals surface area (Å²) in [7, 11) is -1.93. The molecule has 1 unspecified atom stereocenters. The molecule has 2 amide bonds. The van der Waals surface area contributed by atoms with Crippen LogP contribution in [0.5, 0.6) is 0 Å². The average Bonchev–Trinajstić information content (AvgIpc) is 3.10. The van der Waals surface area contributed by atoms with Gasteiger partial charge in [0.05, 0.1) is 22.4 Å². The standard InChI is InChI=1S/C37H41N3O6S2/c1-40(37(42)43)34(33(26-13-5-3-6-14-26)27-15-7-4-8-16-27)36(41)39-31-19-10-9-12-25(31)20-21-29-23-38-24-32(46-29)35(47)28-17-11-18-30(22-28)48(2,44)45/h3-19,22,29,32-35,38,47H,20-21,23-24H2,1-2H3,(H,39,41)(H,42,43)/t29-,32+,34+,35?/m1/s1. The maximum absolute atomic E-state index is 14.1. The molecule has 0 saturated carbocycles. The van der Waals surface area contributed by atoms with E-state index in [2.05, 4.69) is 10.6 Å². The molecule has 0 aliphatic carbocycles.